The van der Waals surface area contributed by atoms with Gasteiger partial charge in [-0.3, -0.25) is 91.9 Å². The van der Waals surface area contributed by atoms with Crippen LogP contribution in [0.2, 0.25) is 0 Å². The molecule has 0 unspecified atom stereocenters. The van der Waals surface area contributed by atoms with E-state index in [2.05, 4.69) is 48.1 Å². The van der Waals surface area contributed by atoms with Crippen molar-refractivity contribution in [3.8, 4) is 0 Å². The number of carboxylic acid groups (broad SMARTS) is 1. The van der Waals surface area contributed by atoms with E-state index >= 15 is 0 Å². The van der Waals surface area contributed by atoms with E-state index in [1.165, 1.54) is 145 Å². The van der Waals surface area contributed by atoms with Crippen LogP contribution in [0.25, 0.3) is 0 Å². The van der Waals surface area contributed by atoms with Crippen LogP contribution in [0.4, 0.5) is 22.7 Å². The van der Waals surface area contributed by atoms with Gasteiger partial charge in [0.25, 0.3) is 23.6 Å². The smallest absolute Gasteiger partial charge is 0.394 e. The van der Waals surface area contributed by atoms with Gasteiger partial charge < -0.3 is 92.3 Å². The highest BCUT2D eigenvalue weighted by Crippen LogP contribution is 2.40. The van der Waals surface area contributed by atoms with E-state index in [-0.39, 0.29) is 86.8 Å². The van der Waals surface area contributed by atoms with Gasteiger partial charge >= 0.3 is 47.3 Å². The van der Waals surface area contributed by atoms with Crippen LogP contribution in [0.5, 0.6) is 0 Å². The Hall–Kier alpha value is -13.1. The predicted octanol–water partition coefficient (Wildman–Crippen LogP) is 4.95. The highest BCUT2D eigenvalue weighted by molar-refractivity contribution is 7.15. The van der Waals surface area contributed by atoms with Crippen LogP contribution in [0.15, 0.2) is 122 Å². The number of hydrogen-bond donors (Lipinski definition) is 14. The molecule has 616 valence electrons. The number of nitrogens with two attached hydrogens (primary N) is 8. The van der Waals surface area contributed by atoms with Gasteiger partial charge in [-0.05, 0) is 154 Å². The van der Waals surface area contributed by atoms with Gasteiger partial charge in [0.1, 0.15) is 0 Å². The Balaban J connectivity index is 0.000000187. The average Bonchev–Trinajstić information content (AvgIpc) is 1.78. The molecule has 4 aliphatic heterocycles. The summed E-state index contributed by atoms with van der Waals surface area (Å²) in [4.78, 5) is 212. The van der Waals surface area contributed by atoms with Crippen molar-refractivity contribution in [3.63, 3.8) is 0 Å². The van der Waals surface area contributed by atoms with Gasteiger partial charge in [-0.15, -0.1) is 45.3 Å². The molecule has 117 heavy (non-hydrogen) atoms. The van der Waals surface area contributed by atoms with Crippen LogP contribution in [0.1, 0.15) is 203 Å². The van der Waals surface area contributed by atoms with Crippen molar-refractivity contribution in [2.24, 2.45) is 69.5 Å². The summed E-state index contributed by atoms with van der Waals surface area (Å²) < 4.78 is 0. The molecule has 0 aromatic carbocycles. The number of piperidine rings is 4. The third-order valence-corrected chi connectivity index (χ3v) is 23.4. The fraction of sp³-hybridized carbons (Fsp3) is 0.316. The van der Waals surface area contributed by atoms with Gasteiger partial charge in [0, 0.05) is 70.0 Å². The molecule has 4 fully saturated rings. The zero-order valence-electron chi connectivity index (χ0n) is 63.5. The summed E-state index contributed by atoms with van der Waals surface area (Å²) in [5, 5.41) is 21.2. The van der Waals surface area contributed by atoms with Gasteiger partial charge in [0.15, 0.2) is 0 Å². The summed E-state index contributed by atoms with van der Waals surface area (Å²) in [7, 11) is 0. The van der Waals surface area contributed by atoms with Crippen LogP contribution in [0.3, 0.4) is 0 Å². The highest BCUT2D eigenvalue weighted by atomic mass is 32.1. The van der Waals surface area contributed by atoms with Crippen LogP contribution in [-0.2, 0) is 38.4 Å². The summed E-state index contributed by atoms with van der Waals surface area (Å²) in [5.41, 5.74) is 43.0. The van der Waals surface area contributed by atoms with E-state index < -0.39 is 88.7 Å². The lowest BCUT2D eigenvalue weighted by atomic mass is 9.93. The van der Waals surface area contributed by atoms with Gasteiger partial charge in [-0.1, -0.05) is 27.7 Å². The molecule has 8 aromatic heterocycles. The Morgan fingerprint density at radius 1 is 0.342 bits per heavy atom. The molecule has 0 radical (unpaired) electrons. The molecule has 12 heterocycles. The number of aromatic nitrogens is 4. The van der Waals surface area contributed by atoms with Crippen molar-refractivity contribution in [2.45, 2.75) is 103 Å². The number of nitrogens with zero attached hydrogens (tertiary/aromatic N) is 7. The lowest BCUT2D eigenvalue weighted by molar-refractivity contribution is -0.147. The lowest BCUT2D eigenvalue weighted by Gasteiger charge is -2.37. The summed E-state index contributed by atoms with van der Waals surface area (Å²) in [6.07, 6.45) is 17.3. The Labute approximate surface area is 684 Å². The molecular formula is C76H86N20O17S4. The largest absolute Gasteiger partial charge is 0.474 e. The van der Waals surface area contributed by atoms with Crippen molar-refractivity contribution < 1.29 is 81.8 Å². The molecule has 37 nitrogen and oxygen atoms in total. The topological polar surface area (TPSA) is 623 Å². The van der Waals surface area contributed by atoms with Crippen molar-refractivity contribution in [1.82, 2.24) is 40.0 Å². The highest BCUT2D eigenvalue weighted by Gasteiger charge is 2.39. The molecule has 22 N–H and O–H groups in total. The molecule has 15 amide bonds. The first-order chi connectivity index (χ1) is 55.4. The van der Waals surface area contributed by atoms with Crippen molar-refractivity contribution in [3.05, 3.63) is 184 Å². The number of thiophene rings is 4. The number of primary amides is 8. The number of nitrogens with one attached hydrogen (secondary N) is 5. The molecular weight excluding hydrogens is 1590 g/mol. The zero-order valence-corrected chi connectivity index (χ0v) is 66.8. The number of likely N-dealkylation sites (tertiary alicyclic amines) is 3. The summed E-state index contributed by atoms with van der Waals surface area (Å²) in [5.74, 6) is -10.6. The van der Waals surface area contributed by atoms with E-state index in [0.29, 0.717) is 64.4 Å². The first-order valence-electron chi connectivity index (χ1n) is 36.2. The maximum absolute atomic E-state index is 12.9. The minimum absolute atomic E-state index is 0.0817. The second-order valence-electron chi connectivity index (χ2n) is 27.8. The van der Waals surface area contributed by atoms with Crippen LogP contribution in [-0.4, -0.2) is 160 Å². The van der Waals surface area contributed by atoms with Gasteiger partial charge in [-0.25, -0.2) is 4.79 Å². The number of carbonyl (C=O) groups excluding carboxylic acids is 15. The minimum atomic E-state index is -1.63. The minimum Gasteiger partial charge on any atom is -0.474 e. The lowest BCUT2D eigenvalue weighted by Crippen LogP contribution is -2.46. The Bertz CT molecular complexity index is 4720. The molecule has 4 aliphatic rings. The SMILES string of the molecule is C[C@@H]1CC[C@@H](c2ccc(C(N)=O)s2)N(C(=O)C(=O)Nc2cncc(C(N)=O)c2)C1.C[C@@H]1CC[C@@H](c2ccc(C(N)=O)s2)N(C(=O)C(=O)Nc2cncc(C(N)=O)c2)C1.C[C@@H]1CC[C@@H](c2ccc(C(N)=O)s2)NC1.C[C@H]1CC[C@H](c2ccc(C(N)=O)s2)N(C(=O)C(=O)Nc2cncc(C(N)=O)c2)C1.NC(=O)c1cncc(NC(=O)C(=O)O)c1. The first kappa shape index (κ1) is 89.4. The molecule has 4 saturated heterocycles. The van der Waals surface area contributed by atoms with E-state index in [1.54, 1.807) is 36.4 Å². The van der Waals surface area contributed by atoms with Gasteiger partial charge in [0.2, 0.25) is 23.6 Å². The zero-order chi connectivity index (χ0) is 85.6. The molecule has 0 spiro atoms. The quantitative estimate of drug-likeness (QED) is 0.0569. The molecule has 0 aliphatic carbocycles. The number of aliphatic carboxylic acids is 1. The average molecular weight is 1680 g/mol. The van der Waals surface area contributed by atoms with Gasteiger partial charge in [0.05, 0.1) is 107 Å². The summed E-state index contributed by atoms with van der Waals surface area (Å²) in [6.45, 7) is 10.6. The van der Waals surface area contributed by atoms with Crippen LogP contribution >= 0.6 is 45.3 Å². The molecule has 12 rings (SSSR count). The molecule has 41 heteroatoms. The molecule has 8 aromatic rings. The maximum Gasteiger partial charge on any atom is 0.394 e. The van der Waals surface area contributed by atoms with E-state index in [9.17, 15) is 76.7 Å². The number of pyridine rings is 4. The number of carboxylic acids is 1. The number of rotatable bonds is 16. The second-order valence-corrected chi connectivity index (χ2v) is 32.3. The van der Waals surface area contributed by atoms with Crippen LogP contribution < -0.4 is 72.5 Å². The van der Waals surface area contributed by atoms with E-state index in [0.717, 1.165) is 52.8 Å². The summed E-state index contributed by atoms with van der Waals surface area (Å²) in [6, 6.07) is 18.8. The molecule has 8 atom stereocenters. The monoisotopic (exact) mass is 1680 g/mol. The first-order valence-corrected chi connectivity index (χ1v) is 39.4. The predicted molar refractivity (Wildman–Crippen MR) is 432 cm³/mol. The number of anilines is 4. The fourth-order valence-electron chi connectivity index (χ4n) is 12.6. The Morgan fingerprint density at radius 2 is 0.598 bits per heavy atom. The fourth-order valence-corrected chi connectivity index (χ4v) is 16.6. The Kier molecular flexibility index (Phi) is 31.5. The maximum atomic E-state index is 12.9. The third kappa shape index (κ3) is 25.2. The van der Waals surface area contributed by atoms with Crippen LogP contribution in [0, 0.1) is 23.7 Å². The third-order valence-electron chi connectivity index (χ3n) is 18.6. The van der Waals surface area contributed by atoms with Crippen molar-refractivity contribution in [1.29, 1.82) is 0 Å². The van der Waals surface area contributed by atoms with Gasteiger partial charge in [-0.2, -0.15) is 0 Å². The van der Waals surface area contributed by atoms with E-state index in [1.807, 2.05) is 38.2 Å². The second kappa shape index (κ2) is 41.3. The summed E-state index contributed by atoms with van der Waals surface area (Å²) >= 11 is 5.20. The van der Waals surface area contributed by atoms with Crippen molar-refractivity contribution in [2.75, 3.05) is 47.4 Å². The number of amides is 15. The molecule has 0 saturated carbocycles. The van der Waals surface area contributed by atoms with Crippen molar-refractivity contribution >= 4 is 163 Å². The van der Waals surface area contributed by atoms with E-state index in [4.69, 9.17) is 51.0 Å². The number of hydrogen-bond acceptors (Lipinski definition) is 25. The normalized spacial score (nSPS) is 18.6. The number of carbonyl (C=O) groups is 16. The standard InChI is InChI=1S/3C19H21N5O4S.C11H16N2OS.C8H7N3O4/c3*1-10-2-3-13(14-4-5-15(29-14)17(21)26)24(9-10)19(28)18(27)23-12-6-11(16(20)25)7-22-8-12;1-7-2-3-8(13-6-7)9-4-5-10(15-9)11(12)14;9-6(12)4-1-5(3-10-2-4)11-7(13)8(14)15/h3*4-8,10,13H,2-3,9H2,1H3,(H2,20,25)(H2,21,26)(H,23,27);4-5,7-8,13H,2-3,6H2,1H3,(H2,12,14);1-3H,(H2,9,12)(H,11,13)(H,14,15)/t3*10-,13+;7-,8+;/m1101./s1. The molecule has 0 bridgehead atoms. The Morgan fingerprint density at radius 3 is 0.838 bits per heavy atom.